The molecule has 0 heterocycles. The summed E-state index contributed by atoms with van der Waals surface area (Å²) in [6.45, 7) is 15.2. The summed E-state index contributed by atoms with van der Waals surface area (Å²) in [7, 11) is -2.48. The van der Waals surface area contributed by atoms with Crippen LogP contribution in [0.15, 0.2) is 65.3 Å². The number of aliphatic hydroxyl groups is 1. The molecule has 0 bridgehead atoms. The second kappa shape index (κ2) is 18.8. The largest absolute Gasteiger partial charge is 0.515 e. The van der Waals surface area contributed by atoms with Crippen LogP contribution in [-0.2, 0) is 42.9 Å². The molecule has 0 aliphatic heterocycles. The number of carbonyl (C=O) groups excluding carboxylic acids is 3. The maximum absolute atomic E-state index is 11.7. The second-order valence-electron chi connectivity index (χ2n) is 7.23. The Labute approximate surface area is 213 Å². The molecule has 1 aromatic carbocycles. The van der Waals surface area contributed by atoms with Crippen molar-refractivity contribution in [2.75, 3.05) is 26.9 Å². The van der Waals surface area contributed by atoms with Crippen molar-refractivity contribution in [2.45, 2.75) is 45.9 Å². The minimum atomic E-state index is -3.81. The molecule has 1 aromatic rings. The zero-order chi connectivity index (χ0) is 28.3. The van der Waals surface area contributed by atoms with Gasteiger partial charge in [-0.25, -0.2) is 14.4 Å². The number of aryl methyl sites for hydroxylation is 1. The number of esters is 3. The van der Waals surface area contributed by atoms with Gasteiger partial charge in [-0.1, -0.05) is 37.8 Å². The van der Waals surface area contributed by atoms with E-state index < -0.39 is 22.1 Å². The van der Waals surface area contributed by atoms with Crippen LogP contribution in [0.4, 0.5) is 0 Å². The summed E-state index contributed by atoms with van der Waals surface area (Å²) in [5.74, 6) is -1.37. The quantitative estimate of drug-likeness (QED) is 0.118. The first-order valence-electron chi connectivity index (χ1n) is 10.7. The predicted octanol–water partition coefficient (Wildman–Crippen LogP) is 3.96. The van der Waals surface area contributed by atoms with Crippen molar-refractivity contribution in [3.8, 4) is 0 Å². The fourth-order valence-corrected chi connectivity index (χ4v) is 2.60. The lowest BCUT2D eigenvalue weighted by atomic mass is 10.2. The van der Waals surface area contributed by atoms with E-state index in [9.17, 15) is 22.8 Å². The highest BCUT2D eigenvalue weighted by Crippen LogP contribution is 2.13. The van der Waals surface area contributed by atoms with Crippen LogP contribution in [0.1, 0.15) is 39.7 Å². The van der Waals surface area contributed by atoms with Crippen LogP contribution in [0.25, 0.3) is 0 Å². The van der Waals surface area contributed by atoms with E-state index in [2.05, 4.69) is 22.6 Å². The second-order valence-corrected chi connectivity index (χ2v) is 8.84. The molecule has 202 valence electrons. The van der Waals surface area contributed by atoms with Gasteiger partial charge < -0.3 is 19.3 Å². The molecule has 0 fully saturated rings. The van der Waals surface area contributed by atoms with E-state index in [1.54, 1.807) is 19.1 Å². The summed E-state index contributed by atoms with van der Waals surface area (Å²) >= 11 is 0. The van der Waals surface area contributed by atoms with Crippen molar-refractivity contribution in [3.05, 3.63) is 66.0 Å². The minimum Gasteiger partial charge on any atom is -0.515 e. The standard InChI is InChI=1S/C13H16O5S.C7H12O3.C5H8O2/c1-10(2)13(14)17-8-9-18-19(15,16)12-6-4-11(3)5-7-12;1-3-4-10-7(9)6(2)5-8;1-4(2)5(6)7-3/h4-7H,1,8-9H2,2-3H3;5,8H,3-4H2,1-2H3;1H2,2-3H3. The Bertz CT molecular complexity index is 1010. The number of carbonyl (C=O) groups is 3. The van der Waals surface area contributed by atoms with Gasteiger partial charge in [0.15, 0.2) is 0 Å². The summed E-state index contributed by atoms with van der Waals surface area (Å²) in [6, 6.07) is 6.28. The molecule has 0 spiro atoms. The fraction of sp³-hybridized carbons (Fsp3) is 0.400. The van der Waals surface area contributed by atoms with Crippen molar-refractivity contribution in [1.82, 2.24) is 0 Å². The van der Waals surface area contributed by atoms with Gasteiger partial charge in [-0.15, -0.1) is 0 Å². The summed E-state index contributed by atoms with van der Waals surface area (Å²) < 4.78 is 41.9. The van der Waals surface area contributed by atoms with Crippen LogP contribution in [-0.4, -0.2) is 58.4 Å². The molecule has 1 N–H and O–H groups in total. The van der Waals surface area contributed by atoms with E-state index >= 15 is 0 Å². The molecule has 0 aliphatic carbocycles. The molecule has 0 atom stereocenters. The third kappa shape index (κ3) is 16.2. The molecular formula is C25H36O10S. The average molecular weight is 529 g/mol. The van der Waals surface area contributed by atoms with Crippen molar-refractivity contribution >= 4 is 28.0 Å². The first kappa shape index (κ1) is 34.7. The number of ether oxygens (including phenoxy) is 3. The molecule has 11 heteroatoms. The van der Waals surface area contributed by atoms with Crippen molar-refractivity contribution in [2.24, 2.45) is 0 Å². The van der Waals surface area contributed by atoms with Gasteiger partial charge >= 0.3 is 17.9 Å². The molecule has 0 saturated heterocycles. The van der Waals surface area contributed by atoms with Crippen LogP contribution < -0.4 is 0 Å². The molecule has 0 aliphatic rings. The van der Waals surface area contributed by atoms with Crippen LogP contribution in [0.5, 0.6) is 0 Å². The number of hydrogen-bond donors (Lipinski definition) is 1. The van der Waals surface area contributed by atoms with E-state index in [0.717, 1.165) is 18.2 Å². The Balaban J connectivity index is 0. The molecule has 36 heavy (non-hydrogen) atoms. The summed E-state index contributed by atoms with van der Waals surface area (Å²) in [6.07, 6.45) is 1.54. The van der Waals surface area contributed by atoms with Crippen molar-refractivity contribution in [3.63, 3.8) is 0 Å². The zero-order valence-corrected chi connectivity index (χ0v) is 22.5. The van der Waals surface area contributed by atoms with Crippen molar-refractivity contribution < 1.29 is 46.3 Å². The molecule has 10 nitrogen and oxygen atoms in total. The van der Waals surface area contributed by atoms with E-state index in [-0.39, 0.29) is 35.2 Å². The molecule has 1 rings (SSSR count). The Morgan fingerprint density at radius 3 is 1.78 bits per heavy atom. The summed E-state index contributed by atoms with van der Waals surface area (Å²) in [4.78, 5) is 32.0. The number of rotatable bonds is 10. The Hall–Kier alpha value is -3.44. The first-order chi connectivity index (χ1) is 16.7. The Morgan fingerprint density at radius 2 is 1.39 bits per heavy atom. The molecule has 0 radical (unpaired) electrons. The smallest absolute Gasteiger partial charge is 0.336 e. The van der Waals surface area contributed by atoms with Crippen LogP contribution in [0, 0.1) is 6.92 Å². The molecule has 0 saturated carbocycles. The number of methoxy groups -OCH3 is 1. The highest BCUT2D eigenvalue weighted by Gasteiger charge is 2.15. The normalized spacial score (nSPS) is 10.4. The van der Waals surface area contributed by atoms with Gasteiger partial charge in [-0.2, -0.15) is 8.42 Å². The maximum Gasteiger partial charge on any atom is 0.336 e. The predicted molar refractivity (Wildman–Crippen MR) is 135 cm³/mol. The number of aliphatic hydroxyl groups excluding tert-OH is 1. The number of benzene rings is 1. The van der Waals surface area contributed by atoms with Gasteiger partial charge in [0.1, 0.15) is 13.2 Å². The lowest BCUT2D eigenvalue weighted by Gasteiger charge is -2.07. The third-order valence-electron chi connectivity index (χ3n) is 3.70. The van der Waals surface area contributed by atoms with Gasteiger partial charge in [-0.3, -0.25) is 4.18 Å². The minimum absolute atomic E-state index is 0.0735. The average Bonchev–Trinajstić information content (AvgIpc) is 2.84. The monoisotopic (exact) mass is 528 g/mol. The third-order valence-corrected chi connectivity index (χ3v) is 5.03. The van der Waals surface area contributed by atoms with E-state index in [1.165, 1.54) is 33.1 Å². The van der Waals surface area contributed by atoms with E-state index in [1.807, 2.05) is 13.8 Å². The van der Waals surface area contributed by atoms with Gasteiger partial charge in [0.25, 0.3) is 10.1 Å². The lowest BCUT2D eigenvalue weighted by Crippen LogP contribution is -2.14. The highest BCUT2D eigenvalue weighted by molar-refractivity contribution is 7.86. The topological polar surface area (TPSA) is 142 Å². The van der Waals surface area contributed by atoms with Gasteiger partial charge in [-0.05, 0) is 46.2 Å². The SMILES string of the molecule is C=C(C)C(=O)OC.C=C(C)C(=O)OCCOS(=O)(=O)c1ccc(C)cc1.CCCOC(=O)C(C)=CO. The highest BCUT2D eigenvalue weighted by atomic mass is 32.2. The van der Waals surface area contributed by atoms with Crippen molar-refractivity contribution in [1.29, 1.82) is 0 Å². The van der Waals surface area contributed by atoms with Gasteiger partial charge in [0.2, 0.25) is 0 Å². The van der Waals surface area contributed by atoms with Gasteiger partial charge in [0, 0.05) is 11.1 Å². The molecular weight excluding hydrogens is 492 g/mol. The fourth-order valence-electron chi connectivity index (χ4n) is 1.71. The molecule has 0 amide bonds. The summed E-state index contributed by atoms with van der Waals surface area (Å²) in [5.41, 5.74) is 1.87. The molecule has 0 aromatic heterocycles. The Morgan fingerprint density at radius 1 is 0.889 bits per heavy atom. The Kier molecular flexibility index (Phi) is 18.2. The number of hydrogen-bond acceptors (Lipinski definition) is 10. The van der Waals surface area contributed by atoms with E-state index in [0.29, 0.717) is 12.2 Å². The first-order valence-corrected chi connectivity index (χ1v) is 12.1. The lowest BCUT2D eigenvalue weighted by molar-refractivity contribution is -0.140. The van der Waals surface area contributed by atoms with Crippen LogP contribution in [0.3, 0.4) is 0 Å². The molecule has 0 unspecified atom stereocenters. The van der Waals surface area contributed by atoms with E-state index in [4.69, 9.17) is 14.0 Å². The van der Waals surface area contributed by atoms with Crippen LogP contribution >= 0.6 is 0 Å². The zero-order valence-electron chi connectivity index (χ0n) is 21.7. The van der Waals surface area contributed by atoms with Crippen LogP contribution in [0.2, 0.25) is 0 Å². The van der Waals surface area contributed by atoms with Gasteiger partial charge in [0.05, 0.1) is 30.4 Å². The summed E-state index contributed by atoms with van der Waals surface area (Å²) in [5, 5.41) is 8.34. The maximum atomic E-state index is 11.7.